The second kappa shape index (κ2) is 7.20. The van der Waals surface area contributed by atoms with E-state index in [4.69, 9.17) is 0 Å². The molecule has 0 saturated heterocycles. The highest BCUT2D eigenvalue weighted by molar-refractivity contribution is 7.89. The van der Waals surface area contributed by atoms with Crippen molar-refractivity contribution in [1.29, 1.82) is 0 Å². The maximum atomic E-state index is 13.7. The molecule has 0 saturated carbocycles. The van der Waals surface area contributed by atoms with E-state index in [-0.39, 0.29) is 10.5 Å². The number of rotatable bonds is 5. The summed E-state index contributed by atoms with van der Waals surface area (Å²) in [7, 11) is -3.93. The van der Waals surface area contributed by atoms with Crippen molar-refractivity contribution in [1.82, 2.24) is 9.71 Å². The van der Waals surface area contributed by atoms with Crippen LogP contribution in [0.1, 0.15) is 26.3 Å². The number of sulfonamides is 1. The van der Waals surface area contributed by atoms with Crippen LogP contribution < -0.4 is 10.0 Å². The minimum atomic E-state index is -3.93. The van der Waals surface area contributed by atoms with Crippen LogP contribution >= 0.6 is 0 Å². The van der Waals surface area contributed by atoms with Crippen molar-refractivity contribution in [2.24, 2.45) is 0 Å². The van der Waals surface area contributed by atoms with Gasteiger partial charge >= 0.3 is 0 Å². The Morgan fingerprint density at radius 2 is 1.54 bits per heavy atom. The summed E-state index contributed by atoms with van der Waals surface area (Å²) in [5, 5.41) is 2.19. The van der Waals surface area contributed by atoms with E-state index in [1.54, 1.807) is 20.8 Å². The van der Waals surface area contributed by atoms with Gasteiger partial charge in [-0.1, -0.05) is 18.2 Å². The Bertz CT molecular complexity index is 902. The molecule has 2 aromatic rings. The molecule has 2 N–H and O–H groups in total. The van der Waals surface area contributed by atoms with Crippen LogP contribution in [-0.2, 0) is 16.6 Å². The van der Waals surface area contributed by atoms with Gasteiger partial charge in [0.05, 0.1) is 4.90 Å². The molecule has 5 nitrogen and oxygen atoms in total. The molecular weight excluding hydrogens is 374 g/mol. The first kappa shape index (κ1) is 20.1. The number of aromatic nitrogens is 1. The third-order valence-corrected chi connectivity index (χ3v) is 5.01. The fraction of sp³-hybridized carbons (Fsp3) is 0.312. The van der Waals surface area contributed by atoms with Crippen LogP contribution in [0.15, 0.2) is 29.2 Å². The highest BCUT2D eigenvalue weighted by Crippen LogP contribution is 2.24. The van der Waals surface area contributed by atoms with Gasteiger partial charge in [0, 0.05) is 12.1 Å². The fourth-order valence-electron chi connectivity index (χ4n) is 2.20. The summed E-state index contributed by atoms with van der Waals surface area (Å²) in [5.74, 6) is -7.00. The molecule has 10 heteroatoms. The summed E-state index contributed by atoms with van der Waals surface area (Å²) >= 11 is 0. The summed E-state index contributed by atoms with van der Waals surface area (Å²) in [6.45, 7) is 4.56. The molecule has 142 valence electrons. The lowest BCUT2D eigenvalue weighted by atomic mass is 10.1. The molecule has 0 unspecified atom stereocenters. The molecule has 2 rings (SSSR count). The SMILES string of the molecule is CC(C)(C)NS(=O)(=O)c1ccccc1CNc1c(F)c(F)nc(F)c1F. The molecule has 0 aliphatic carbocycles. The maximum absolute atomic E-state index is 13.7. The van der Waals surface area contributed by atoms with E-state index < -0.39 is 51.3 Å². The van der Waals surface area contributed by atoms with Crippen LogP contribution in [-0.4, -0.2) is 18.9 Å². The van der Waals surface area contributed by atoms with Crippen LogP contribution in [0.4, 0.5) is 23.2 Å². The maximum Gasteiger partial charge on any atom is 0.253 e. The molecule has 0 atom stereocenters. The zero-order valence-corrected chi connectivity index (χ0v) is 15.0. The second-order valence-electron chi connectivity index (χ2n) is 6.51. The molecular formula is C16H17F4N3O2S. The summed E-state index contributed by atoms with van der Waals surface area (Å²) < 4.78 is 81.1. The van der Waals surface area contributed by atoms with Crippen molar-refractivity contribution in [2.75, 3.05) is 5.32 Å². The number of anilines is 1. The number of nitrogens with one attached hydrogen (secondary N) is 2. The van der Waals surface area contributed by atoms with E-state index in [0.717, 1.165) is 0 Å². The minimum absolute atomic E-state index is 0.127. The summed E-state index contributed by atoms with van der Waals surface area (Å²) in [4.78, 5) is 2.33. The van der Waals surface area contributed by atoms with E-state index in [1.165, 1.54) is 24.3 Å². The largest absolute Gasteiger partial charge is 0.376 e. The van der Waals surface area contributed by atoms with Gasteiger partial charge in [-0.15, -0.1) is 0 Å². The van der Waals surface area contributed by atoms with Gasteiger partial charge in [0.25, 0.3) is 11.9 Å². The number of hydrogen-bond acceptors (Lipinski definition) is 4. The highest BCUT2D eigenvalue weighted by atomic mass is 32.2. The predicted molar refractivity (Wildman–Crippen MR) is 87.9 cm³/mol. The van der Waals surface area contributed by atoms with Gasteiger partial charge in [-0.05, 0) is 32.4 Å². The van der Waals surface area contributed by atoms with Crippen LogP contribution in [0.25, 0.3) is 0 Å². The summed E-state index contributed by atoms with van der Waals surface area (Å²) in [6, 6.07) is 5.72. The standard InChI is InChI=1S/C16H17F4N3O2S/c1-16(2,3)23-26(24,25)10-7-5-4-6-9(10)8-21-13-11(17)14(19)22-15(20)12(13)18/h4-7,23H,8H2,1-3H3,(H,21,22). The van der Waals surface area contributed by atoms with Gasteiger partial charge in [-0.3, -0.25) is 0 Å². The van der Waals surface area contributed by atoms with Crippen LogP contribution in [0.3, 0.4) is 0 Å². The lowest BCUT2D eigenvalue weighted by Crippen LogP contribution is -2.40. The molecule has 0 aliphatic heterocycles. The first-order valence-corrected chi connectivity index (χ1v) is 8.96. The number of nitrogens with zero attached hydrogens (tertiary/aromatic N) is 1. The van der Waals surface area contributed by atoms with Gasteiger partial charge in [0.15, 0.2) is 0 Å². The Morgan fingerprint density at radius 1 is 1.00 bits per heavy atom. The molecule has 1 heterocycles. The van der Waals surface area contributed by atoms with Crippen molar-refractivity contribution in [3.63, 3.8) is 0 Å². The van der Waals surface area contributed by atoms with Gasteiger partial charge in [0.2, 0.25) is 21.7 Å². The number of hydrogen-bond donors (Lipinski definition) is 2. The molecule has 0 bridgehead atoms. The Balaban J connectivity index is 2.37. The smallest absolute Gasteiger partial charge is 0.253 e. The van der Waals surface area contributed by atoms with Gasteiger partial charge in [-0.2, -0.15) is 22.5 Å². The Kier molecular flexibility index (Phi) is 5.57. The van der Waals surface area contributed by atoms with E-state index in [0.29, 0.717) is 0 Å². The molecule has 0 aliphatic rings. The van der Waals surface area contributed by atoms with Crippen LogP contribution in [0.5, 0.6) is 0 Å². The van der Waals surface area contributed by atoms with Crippen molar-refractivity contribution in [3.8, 4) is 0 Å². The average molecular weight is 391 g/mol. The topological polar surface area (TPSA) is 71.1 Å². The monoisotopic (exact) mass is 391 g/mol. The van der Waals surface area contributed by atoms with Crippen LogP contribution in [0, 0.1) is 23.5 Å². The summed E-state index contributed by atoms with van der Waals surface area (Å²) in [6.07, 6.45) is 0. The molecule has 1 aromatic carbocycles. The Labute approximate surface area is 148 Å². The molecule has 26 heavy (non-hydrogen) atoms. The van der Waals surface area contributed by atoms with Gasteiger partial charge in [-0.25, -0.2) is 13.1 Å². The Morgan fingerprint density at radius 3 is 2.08 bits per heavy atom. The lowest BCUT2D eigenvalue weighted by Gasteiger charge is -2.21. The number of halogens is 4. The molecule has 0 spiro atoms. The van der Waals surface area contributed by atoms with Crippen molar-refractivity contribution < 1.29 is 26.0 Å². The van der Waals surface area contributed by atoms with Crippen LogP contribution in [0.2, 0.25) is 0 Å². The van der Waals surface area contributed by atoms with Crippen molar-refractivity contribution in [2.45, 2.75) is 37.8 Å². The van der Waals surface area contributed by atoms with Crippen molar-refractivity contribution in [3.05, 3.63) is 53.4 Å². The molecule has 1 aromatic heterocycles. The molecule has 0 amide bonds. The second-order valence-corrected chi connectivity index (χ2v) is 8.16. The van der Waals surface area contributed by atoms with Crippen molar-refractivity contribution >= 4 is 15.7 Å². The first-order chi connectivity index (χ1) is 11.9. The van der Waals surface area contributed by atoms with E-state index in [1.807, 2.05) is 0 Å². The third kappa shape index (κ3) is 4.50. The van der Waals surface area contributed by atoms with Gasteiger partial charge < -0.3 is 5.32 Å². The summed E-state index contributed by atoms with van der Waals surface area (Å²) in [5.41, 5.74) is -1.67. The normalized spacial score (nSPS) is 12.3. The third-order valence-electron chi connectivity index (χ3n) is 3.16. The molecule has 0 radical (unpaired) electrons. The van der Waals surface area contributed by atoms with E-state index in [2.05, 4.69) is 15.0 Å². The fourth-order valence-corrected chi connectivity index (χ4v) is 3.86. The number of pyridine rings is 1. The predicted octanol–water partition coefficient (Wildman–Crippen LogP) is 3.33. The molecule has 0 fully saturated rings. The quantitative estimate of drug-likeness (QED) is 0.606. The number of benzene rings is 1. The van der Waals surface area contributed by atoms with E-state index >= 15 is 0 Å². The zero-order valence-electron chi connectivity index (χ0n) is 14.2. The first-order valence-electron chi connectivity index (χ1n) is 7.48. The van der Waals surface area contributed by atoms with Gasteiger partial charge in [0.1, 0.15) is 5.69 Å². The highest BCUT2D eigenvalue weighted by Gasteiger charge is 2.25. The Hall–Kier alpha value is -2.20. The lowest BCUT2D eigenvalue weighted by molar-refractivity contribution is 0.410. The zero-order chi connectivity index (χ0) is 19.7. The minimum Gasteiger partial charge on any atom is -0.376 e. The van der Waals surface area contributed by atoms with E-state index in [9.17, 15) is 26.0 Å². The average Bonchev–Trinajstić information content (AvgIpc) is 2.51.